The molecule has 3 heteroatoms. The SMILES string of the molecule is C=C(C)COCCNC(C)c1cccs1. The molecule has 1 heterocycles. The lowest BCUT2D eigenvalue weighted by Crippen LogP contribution is -2.22. The van der Waals surface area contributed by atoms with Crippen LogP contribution >= 0.6 is 11.3 Å². The Morgan fingerprint density at radius 3 is 3.07 bits per heavy atom. The highest BCUT2D eigenvalue weighted by atomic mass is 32.1. The quantitative estimate of drug-likeness (QED) is 0.569. The first-order valence-corrected chi connectivity index (χ1v) is 6.07. The maximum atomic E-state index is 5.40. The molecule has 0 fully saturated rings. The second-order valence-electron chi connectivity index (χ2n) is 3.70. The van der Waals surface area contributed by atoms with Gasteiger partial charge in [-0.05, 0) is 25.3 Å². The van der Waals surface area contributed by atoms with Gasteiger partial charge in [0.1, 0.15) is 0 Å². The highest BCUT2D eigenvalue weighted by molar-refractivity contribution is 7.10. The van der Waals surface area contributed by atoms with Crippen LogP contribution in [0, 0.1) is 0 Å². The summed E-state index contributed by atoms with van der Waals surface area (Å²) in [6.07, 6.45) is 0. The molecular weight excluding hydrogens is 206 g/mol. The lowest BCUT2D eigenvalue weighted by Gasteiger charge is -2.12. The molecule has 1 unspecified atom stereocenters. The highest BCUT2D eigenvalue weighted by Gasteiger charge is 2.04. The zero-order valence-corrected chi connectivity index (χ0v) is 10.3. The van der Waals surface area contributed by atoms with Crippen LogP contribution in [0.4, 0.5) is 0 Å². The molecule has 0 aliphatic rings. The molecular formula is C12H19NOS. The zero-order chi connectivity index (χ0) is 11.1. The maximum absolute atomic E-state index is 5.40. The highest BCUT2D eigenvalue weighted by Crippen LogP contribution is 2.17. The third kappa shape index (κ3) is 5.11. The second kappa shape index (κ2) is 6.77. The monoisotopic (exact) mass is 225 g/mol. The van der Waals surface area contributed by atoms with Crippen molar-refractivity contribution in [1.82, 2.24) is 5.32 Å². The Balaban J connectivity index is 2.08. The molecule has 15 heavy (non-hydrogen) atoms. The van der Waals surface area contributed by atoms with E-state index in [-0.39, 0.29) is 0 Å². The fourth-order valence-corrected chi connectivity index (χ4v) is 1.99. The van der Waals surface area contributed by atoms with Crippen LogP contribution in [0.25, 0.3) is 0 Å². The molecule has 1 aromatic rings. The number of hydrogen-bond donors (Lipinski definition) is 1. The van der Waals surface area contributed by atoms with Crippen LogP contribution < -0.4 is 5.32 Å². The summed E-state index contributed by atoms with van der Waals surface area (Å²) in [6, 6.07) is 4.64. The van der Waals surface area contributed by atoms with E-state index in [0.717, 1.165) is 18.7 Å². The van der Waals surface area contributed by atoms with E-state index in [1.165, 1.54) is 4.88 Å². The van der Waals surface area contributed by atoms with E-state index in [2.05, 4.69) is 36.3 Å². The van der Waals surface area contributed by atoms with Crippen molar-refractivity contribution in [2.24, 2.45) is 0 Å². The van der Waals surface area contributed by atoms with Gasteiger partial charge < -0.3 is 10.1 Å². The minimum Gasteiger partial charge on any atom is -0.376 e. The van der Waals surface area contributed by atoms with Crippen LogP contribution in [0.1, 0.15) is 24.8 Å². The molecule has 1 atom stereocenters. The standard InChI is InChI=1S/C12H19NOS/c1-10(2)9-14-7-6-13-11(3)12-5-4-8-15-12/h4-5,8,11,13H,1,6-7,9H2,2-3H3. The molecule has 0 saturated heterocycles. The minimum absolute atomic E-state index is 0.415. The van der Waals surface area contributed by atoms with Gasteiger partial charge >= 0.3 is 0 Å². The largest absolute Gasteiger partial charge is 0.376 e. The first-order chi connectivity index (χ1) is 7.20. The summed E-state index contributed by atoms with van der Waals surface area (Å²) < 4.78 is 5.40. The Morgan fingerprint density at radius 1 is 1.67 bits per heavy atom. The third-order valence-corrected chi connectivity index (χ3v) is 3.07. The van der Waals surface area contributed by atoms with Crippen molar-refractivity contribution in [3.63, 3.8) is 0 Å². The van der Waals surface area contributed by atoms with Crippen LogP contribution in [-0.2, 0) is 4.74 Å². The summed E-state index contributed by atoms with van der Waals surface area (Å²) >= 11 is 1.78. The van der Waals surface area contributed by atoms with Gasteiger partial charge in [-0.3, -0.25) is 0 Å². The normalized spacial score (nSPS) is 12.7. The Morgan fingerprint density at radius 2 is 2.47 bits per heavy atom. The molecule has 0 saturated carbocycles. The van der Waals surface area contributed by atoms with Gasteiger partial charge in [0.2, 0.25) is 0 Å². The number of rotatable bonds is 7. The topological polar surface area (TPSA) is 21.3 Å². The Labute approximate surface area is 96.0 Å². The summed E-state index contributed by atoms with van der Waals surface area (Å²) in [4.78, 5) is 1.37. The third-order valence-electron chi connectivity index (χ3n) is 2.02. The van der Waals surface area contributed by atoms with Gasteiger partial charge in [-0.2, -0.15) is 0 Å². The number of ether oxygens (including phenoxy) is 1. The first kappa shape index (κ1) is 12.4. The molecule has 84 valence electrons. The lowest BCUT2D eigenvalue weighted by atomic mass is 10.3. The zero-order valence-electron chi connectivity index (χ0n) is 9.45. The molecule has 0 aliphatic heterocycles. The molecule has 0 bridgehead atoms. The van der Waals surface area contributed by atoms with Gasteiger partial charge in [0.05, 0.1) is 13.2 Å². The molecule has 1 aromatic heterocycles. The van der Waals surface area contributed by atoms with Crippen LogP contribution in [0.5, 0.6) is 0 Å². The number of hydrogen-bond acceptors (Lipinski definition) is 3. The van der Waals surface area contributed by atoms with Crippen LogP contribution in [-0.4, -0.2) is 19.8 Å². The summed E-state index contributed by atoms with van der Waals surface area (Å²) in [5.74, 6) is 0. The predicted molar refractivity (Wildman–Crippen MR) is 66.4 cm³/mol. The van der Waals surface area contributed by atoms with Crippen molar-refractivity contribution < 1.29 is 4.74 Å². The average molecular weight is 225 g/mol. The Kier molecular flexibility index (Phi) is 5.61. The predicted octanol–water partition coefficient (Wildman–Crippen LogP) is 2.99. The van der Waals surface area contributed by atoms with Crippen LogP contribution in [0.15, 0.2) is 29.7 Å². The van der Waals surface area contributed by atoms with Crippen LogP contribution in [0.2, 0.25) is 0 Å². The van der Waals surface area contributed by atoms with E-state index in [9.17, 15) is 0 Å². The second-order valence-corrected chi connectivity index (χ2v) is 4.68. The minimum atomic E-state index is 0.415. The van der Waals surface area contributed by atoms with E-state index >= 15 is 0 Å². The Hall–Kier alpha value is -0.640. The Bertz CT molecular complexity index is 282. The number of thiophene rings is 1. The van der Waals surface area contributed by atoms with E-state index in [1.807, 2.05) is 6.92 Å². The molecule has 0 aliphatic carbocycles. The molecule has 0 radical (unpaired) electrons. The molecule has 0 aromatic carbocycles. The van der Waals surface area contributed by atoms with Crippen molar-refractivity contribution in [3.8, 4) is 0 Å². The molecule has 0 spiro atoms. The van der Waals surface area contributed by atoms with Crippen molar-refractivity contribution in [1.29, 1.82) is 0 Å². The van der Waals surface area contributed by atoms with E-state index in [0.29, 0.717) is 12.6 Å². The summed E-state index contributed by atoms with van der Waals surface area (Å²) in [7, 11) is 0. The van der Waals surface area contributed by atoms with E-state index < -0.39 is 0 Å². The smallest absolute Gasteiger partial charge is 0.0672 e. The van der Waals surface area contributed by atoms with Crippen molar-refractivity contribution in [3.05, 3.63) is 34.5 Å². The molecule has 1 N–H and O–H groups in total. The van der Waals surface area contributed by atoms with E-state index in [1.54, 1.807) is 11.3 Å². The summed E-state index contributed by atoms with van der Waals surface area (Å²) in [6.45, 7) is 10.2. The average Bonchev–Trinajstić information content (AvgIpc) is 2.69. The number of nitrogens with one attached hydrogen (secondary N) is 1. The first-order valence-electron chi connectivity index (χ1n) is 5.19. The van der Waals surface area contributed by atoms with Gasteiger partial charge in [0.15, 0.2) is 0 Å². The maximum Gasteiger partial charge on any atom is 0.0672 e. The molecule has 2 nitrogen and oxygen atoms in total. The fourth-order valence-electron chi connectivity index (χ4n) is 1.23. The van der Waals surface area contributed by atoms with Gasteiger partial charge in [0.25, 0.3) is 0 Å². The van der Waals surface area contributed by atoms with Gasteiger partial charge in [-0.25, -0.2) is 0 Å². The van der Waals surface area contributed by atoms with Crippen molar-refractivity contribution >= 4 is 11.3 Å². The van der Waals surface area contributed by atoms with Crippen molar-refractivity contribution in [2.45, 2.75) is 19.9 Å². The van der Waals surface area contributed by atoms with E-state index in [4.69, 9.17) is 4.74 Å². The summed E-state index contributed by atoms with van der Waals surface area (Å²) in [5.41, 5.74) is 1.07. The van der Waals surface area contributed by atoms with Gasteiger partial charge in [-0.1, -0.05) is 18.2 Å². The summed E-state index contributed by atoms with van der Waals surface area (Å²) in [5, 5.41) is 5.52. The van der Waals surface area contributed by atoms with Gasteiger partial charge in [0, 0.05) is 17.5 Å². The van der Waals surface area contributed by atoms with Crippen molar-refractivity contribution in [2.75, 3.05) is 19.8 Å². The van der Waals surface area contributed by atoms with Gasteiger partial charge in [-0.15, -0.1) is 11.3 Å². The fraction of sp³-hybridized carbons (Fsp3) is 0.500. The molecule has 0 amide bonds. The lowest BCUT2D eigenvalue weighted by molar-refractivity contribution is 0.156. The van der Waals surface area contributed by atoms with Crippen LogP contribution in [0.3, 0.4) is 0 Å². The molecule has 1 rings (SSSR count).